The summed E-state index contributed by atoms with van der Waals surface area (Å²) in [5.74, 6) is -0.655. The third-order valence-electron chi connectivity index (χ3n) is 3.68. The number of hydrogen-bond donors (Lipinski definition) is 2. The van der Waals surface area contributed by atoms with Gasteiger partial charge in [-0.1, -0.05) is 31.2 Å². The second-order valence-corrected chi connectivity index (χ2v) is 6.47. The van der Waals surface area contributed by atoms with Crippen molar-refractivity contribution in [2.45, 2.75) is 33.6 Å². The molecule has 0 saturated heterocycles. The molecule has 0 atom stereocenters. The number of carbonyl (C=O) groups excluding carboxylic acids is 2. The molecule has 2 amide bonds. The fraction of sp³-hybridized carbons (Fsp3) is 0.294. The van der Waals surface area contributed by atoms with E-state index in [1.807, 2.05) is 38.1 Å². The number of hydrogen-bond acceptors (Lipinski definition) is 3. The summed E-state index contributed by atoms with van der Waals surface area (Å²) < 4.78 is 0. The van der Waals surface area contributed by atoms with Gasteiger partial charge in [-0.2, -0.15) is 0 Å². The number of amides is 2. The molecule has 0 aliphatic carbocycles. The fourth-order valence-electron chi connectivity index (χ4n) is 2.26. The minimum atomic E-state index is -0.510. The molecule has 0 saturated carbocycles. The van der Waals surface area contributed by atoms with Gasteiger partial charge in [-0.25, -0.2) is 0 Å². The highest BCUT2D eigenvalue weighted by Gasteiger charge is 2.18. The summed E-state index contributed by atoms with van der Waals surface area (Å²) in [6.07, 6.45) is 1.25. The molecular formula is C17H20N2O2S. The Labute approximate surface area is 134 Å². The summed E-state index contributed by atoms with van der Waals surface area (Å²) in [6, 6.07) is 7.96. The van der Waals surface area contributed by atoms with Gasteiger partial charge in [-0.15, -0.1) is 11.3 Å². The molecule has 5 heteroatoms. The Hall–Kier alpha value is -2.14. The quantitative estimate of drug-likeness (QED) is 0.889. The van der Waals surface area contributed by atoms with Crippen molar-refractivity contribution in [2.75, 3.05) is 5.32 Å². The topological polar surface area (TPSA) is 72.2 Å². The van der Waals surface area contributed by atoms with Gasteiger partial charge >= 0.3 is 0 Å². The van der Waals surface area contributed by atoms with Crippen molar-refractivity contribution in [3.8, 4) is 0 Å². The molecule has 0 spiro atoms. The Balaban J connectivity index is 2.12. The highest BCUT2D eigenvalue weighted by atomic mass is 32.1. The summed E-state index contributed by atoms with van der Waals surface area (Å²) in [7, 11) is 0. The van der Waals surface area contributed by atoms with E-state index >= 15 is 0 Å². The average molecular weight is 316 g/mol. The van der Waals surface area contributed by atoms with Gasteiger partial charge in [-0.3, -0.25) is 9.59 Å². The second-order valence-electron chi connectivity index (χ2n) is 5.25. The van der Waals surface area contributed by atoms with Gasteiger partial charge < -0.3 is 11.1 Å². The number of rotatable bonds is 5. The predicted octanol–water partition coefficient (Wildman–Crippen LogP) is 3.21. The van der Waals surface area contributed by atoms with Crippen molar-refractivity contribution in [3.63, 3.8) is 0 Å². The van der Waals surface area contributed by atoms with Crippen molar-refractivity contribution in [3.05, 3.63) is 51.4 Å². The first-order valence-electron chi connectivity index (χ1n) is 7.19. The van der Waals surface area contributed by atoms with E-state index in [1.54, 1.807) is 0 Å². The zero-order valence-corrected chi connectivity index (χ0v) is 13.8. The fourth-order valence-corrected chi connectivity index (χ4v) is 3.34. The number of benzene rings is 1. The first-order valence-corrected chi connectivity index (χ1v) is 8.01. The van der Waals surface area contributed by atoms with Gasteiger partial charge in [0.25, 0.3) is 5.91 Å². The molecule has 0 aliphatic rings. The van der Waals surface area contributed by atoms with Crippen LogP contribution in [0.3, 0.4) is 0 Å². The molecule has 0 unspecified atom stereocenters. The van der Waals surface area contributed by atoms with Crippen molar-refractivity contribution < 1.29 is 9.59 Å². The van der Waals surface area contributed by atoms with Crippen molar-refractivity contribution in [2.24, 2.45) is 5.73 Å². The normalized spacial score (nSPS) is 10.5. The van der Waals surface area contributed by atoms with Crippen LogP contribution < -0.4 is 11.1 Å². The van der Waals surface area contributed by atoms with E-state index < -0.39 is 5.91 Å². The lowest BCUT2D eigenvalue weighted by atomic mass is 10.1. The molecule has 1 heterocycles. The van der Waals surface area contributed by atoms with E-state index in [0.29, 0.717) is 10.6 Å². The van der Waals surface area contributed by atoms with Gasteiger partial charge in [0.05, 0.1) is 12.0 Å². The summed E-state index contributed by atoms with van der Waals surface area (Å²) in [5, 5.41) is 3.35. The lowest BCUT2D eigenvalue weighted by molar-refractivity contribution is -0.115. The van der Waals surface area contributed by atoms with E-state index in [0.717, 1.165) is 22.4 Å². The van der Waals surface area contributed by atoms with Crippen LogP contribution in [0.4, 0.5) is 5.00 Å². The Morgan fingerprint density at radius 3 is 2.27 bits per heavy atom. The minimum absolute atomic E-state index is 0.145. The minimum Gasteiger partial charge on any atom is -0.365 e. The smallest absolute Gasteiger partial charge is 0.251 e. The molecule has 0 fully saturated rings. The number of carbonyl (C=O) groups is 2. The third kappa shape index (κ3) is 3.54. The van der Waals surface area contributed by atoms with Crippen molar-refractivity contribution in [1.29, 1.82) is 0 Å². The van der Waals surface area contributed by atoms with Crippen LogP contribution in [0.15, 0.2) is 24.3 Å². The maximum atomic E-state index is 12.2. The van der Waals surface area contributed by atoms with Crippen LogP contribution in [-0.4, -0.2) is 11.8 Å². The maximum absolute atomic E-state index is 12.2. The number of nitrogens with one attached hydrogen (secondary N) is 1. The van der Waals surface area contributed by atoms with E-state index in [2.05, 4.69) is 12.2 Å². The monoisotopic (exact) mass is 316 g/mol. The van der Waals surface area contributed by atoms with Gasteiger partial charge in [0.1, 0.15) is 5.00 Å². The first kappa shape index (κ1) is 16.2. The number of thiophene rings is 1. The van der Waals surface area contributed by atoms with Crippen LogP contribution >= 0.6 is 11.3 Å². The van der Waals surface area contributed by atoms with Crippen molar-refractivity contribution in [1.82, 2.24) is 0 Å². The van der Waals surface area contributed by atoms with E-state index in [-0.39, 0.29) is 12.3 Å². The summed E-state index contributed by atoms with van der Waals surface area (Å²) in [6.45, 7) is 5.84. The highest BCUT2D eigenvalue weighted by molar-refractivity contribution is 7.16. The standard InChI is InChI=1S/C17H20N2O2S/c1-4-12-5-7-13(8-6-12)9-14(20)19-17-15(16(18)21)10(2)11(3)22-17/h5-8H,4,9H2,1-3H3,(H2,18,21)(H,19,20). The maximum Gasteiger partial charge on any atom is 0.251 e. The predicted molar refractivity (Wildman–Crippen MR) is 90.5 cm³/mol. The van der Waals surface area contributed by atoms with Gasteiger partial charge in [0.2, 0.25) is 5.91 Å². The van der Waals surface area contributed by atoms with E-state index in [4.69, 9.17) is 5.73 Å². The Morgan fingerprint density at radius 2 is 1.73 bits per heavy atom. The van der Waals surface area contributed by atoms with E-state index in [9.17, 15) is 9.59 Å². The first-order chi connectivity index (χ1) is 10.4. The van der Waals surface area contributed by atoms with Gasteiger partial charge in [0, 0.05) is 4.88 Å². The van der Waals surface area contributed by atoms with Crippen LogP contribution in [-0.2, 0) is 17.6 Å². The summed E-state index contributed by atoms with van der Waals surface area (Å²) in [5.41, 5.74) is 8.84. The Kier molecular flexibility index (Phi) is 4.98. The lowest BCUT2D eigenvalue weighted by Gasteiger charge is -2.06. The molecule has 0 radical (unpaired) electrons. The number of anilines is 1. The third-order valence-corrected chi connectivity index (χ3v) is 4.80. The van der Waals surface area contributed by atoms with Crippen LogP contribution in [0.25, 0.3) is 0 Å². The highest BCUT2D eigenvalue weighted by Crippen LogP contribution is 2.32. The van der Waals surface area contributed by atoms with E-state index in [1.165, 1.54) is 16.9 Å². The summed E-state index contributed by atoms with van der Waals surface area (Å²) >= 11 is 1.38. The zero-order chi connectivity index (χ0) is 16.3. The van der Waals surface area contributed by atoms with Crippen LogP contribution in [0.2, 0.25) is 0 Å². The largest absolute Gasteiger partial charge is 0.365 e. The van der Waals surface area contributed by atoms with Crippen molar-refractivity contribution >= 4 is 28.2 Å². The molecule has 2 aromatic rings. The molecule has 2 rings (SSSR count). The molecule has 22 heavy (non-hydrogen) atoms. The SMILES string of the molecule is CCc1ccc(CC(=O)Nc2sc(C)c(C)c2C(N)=O)cc1. The second kappa shape index (κ2) is 6.75. The molecule has 4 nitrogen and oxygen atoms in total. The molecule has 1 aromatic heterocycles. The molecular weight excluding hydrogens is 296 g/mol. The molecule has 3 N–H and O–H groups in total. The lowest BCUT2D eigenvalue weighted by Crippen LogP contribution is -2.18. The number of nitrogens with two attached hydrogens (primary N) is 1. The Morgan fingerprint density at radius 1 is 1.14 bits per heavy atom. The Bertz CT molecular complexity index is 702. The van der Waals surface area contributed by atoms with Gasteiger partial charge in [0.15, 0.2) is 0 Å². The zero-order valence-electron chi connectivity index (χ0n) is 13.0. The molecule has 0 bridgehead atoms. The summed E-state index contributed by atoms with van der Waals surface area (Å²) in [4.78, 5) is 24.7. The van der Waals surface area contributed by atoms with Gasteiger partial charge in [-0.05, 0) is 37.0 Å². The average Bonchev–Trinajstić information content (AvgIpc) is 2.74. The number of primary amides is 1. The number of aryl methyl sites for hydroxylation is 2. The molecule has 0 aliphatic heterocycles. The van der Waals surface area contributed by atoms with Crippen LogP contribution in [0.1, 0.15) is 38.8 Å². The van der Waals surface area contributed by atoms with Crippen LogP contribution in [0, 0.1) is 13.8 Å². The molecule has 1 aromatic carbocycles. The molecule has 116 valence electrons. The van der Waals surface area contributed by atoms with Crippen LogP contribution in [0.5, 0.6) is 0 Å².